The number of hydrogen-bond acceptors (Lipinski definition) is 4. The van der Waals surface area contributed by atoms with Gasteiger partial charge in [0.15, 0.2) is 0 Å². The van der Waals surface area contributed by atoms with E-state index in [-0.39, 0.29) is 5.82 Å². The summed E-state index contributed by atoms with van der Waals surface area (Å²) in [6.45, 7) is 0. The van der Waals surface area contributed by atoms with Gasteiger partial charge in [0.05, 0.1) is 6.20 Å². The lowest BCUT2D eigenvalue weighted by atomic mass is 10.1. The highest BCUT2D eigenvalue weighted by atomic mass is 35.5. The number of rotatable bonds is 2. The van der Waals surface area contributed by atoms with Crippen LogP contribution in [0.15, 0.2) is 30.5 Å². The lowest BCUT2D eigenvalue weighted by molar-refractivity contribution is 0.970. The van der Waals surface area contributed by atoms with E-state index in [1.807, 2.05) is 30.3 Å². The Hall–Kier alpha value is -2.12. The van der Waals surface area contributed by atoms with Crippen LogP contribution in [-0.2, 0) is 6.42 Å². The van der Waals surface area contributed by atoms with Crippen LogP contribution in [0.2, 0.25) is 5.02 Å². The number of hydrogen-bond donors (Lipinski definition) is 1. The first-order valence-corrected chi connectivity index (χ1v) is 5.33. The first-order chi connectivity index (χ1) is 8.19. The molecule has 1 aromatic heterocycles. The van der Waals surface area contributed by atoms with E-state index in [0.717, 1.165) is 5.56 Å². The largest absolute Gasteiger partial charge is 0.382 e. The van der Waals surface area contributed by atoms with E-state index in [1.165, 1.54) is 6.20 Å². The number of nitrogens with zero attached hydrogens (tertiary/aromatic N) is 3. The molecule has 0 amide bonds. The predicted octanol–water partition coefficient (Wildman–Crippen LogP) is 2.17. The molecule has 2 N–H and O–H groups in total. The predicted molar refractivity (Wildman–Crippen MR) is 65.4 cm³/mol. The Morgan fingerprint density at radius 3 is 2.59 bits per heavy atom. The molecule has 0 spiro atoms. The van der Waals surface area contributed by atoms with Crippen LogP contribution in [0, 0.1) is 11.3 Å². The van der Waals surface area contributed by atoms with Crippen LogP contribution in [0.4, 0.5) is 5.82 Å². The molecule has 2 aromatic rings. The summed E-state index contributed by atoms with van der Waals surface area (Å²) in [6.07, 6.45) is 2.00. The van der Waals surface area contributed by atoms with Gasteiger partial charge in [-0.3, -0.25) is 0 Å². The molecule has 1 aromatic carbocycles. The monoisotopic (exact) mass is 244 g/mol. The Morgan fingerprint density at radius 1 is 1.29 bits per heavy atom. The standard InChI is InChI=1S/C12H9ClN4/c13-10-3-1-8(2-4-10)5-11-16-7-9(6-14)12(15)17-11/h1-4,7H,5H2,(H2,15,16,17). The summed E-state index contributed by atoms with van der Waals surface area (Å²) in [6, 6.07) is 9.35. The van der Waals surface area contributed by atoms with Crippen molar-refractivity contribution in [2.24, 2.45) is 0 Å². The quantitative estimate of drug-likeness (QED) is 0.879. The van der Waals surface area contributed by atoms with Gasteiger partial charge < -0.3 is 5.73 Å². The summed E-state index contributed by atoms with van der Waals surface area (Å²) in [5.74, 6) is 0.801. The highest BCUT2D eigenvalue weighted by molar-refractivity contribution is 6.30. The zero-order chi connectivity index (χ0) is 12.3. The maximum atomic E-state index is 8.70. The third-order valence-corrected chi connectivity index (χ3v) is 2.52. The molecule has 17 heavy (non-hydrogen) atoms. The average Bonchev–Trinajstić information content (AvgIpc) is 2.32. The normalized spacial score (nSPS) is 9.88. The van der Waals surface area contributed by atoms with Crippen LogP contribution in [0.25, 0.3) is 0 Å². The van der Waals surface area contributed by atoms with Crippen molar-refractivity contribution in [3.63, 3.8) is 0 Å². The van der Waals surface area contributed by atoms with Crippen molar-refractivity contribution in [2.45, 2.75) is 6.42 Å². The lowest BCUT2D eigenvalue weighted by Crippen LogP contribution is -2.02. The molecule has 0 fully saturated rings. The summed E-state index contributed by atoms with van der Waals surface area (Å²) in [7, 11) is 0. The van der Waals surface area contributed by atoms with Gasteiger partial charge in [0.25, 0.3) is 0 Å². The zero-order valence-corrected chi connectivity index (χ0v) is 9.65. The van der Waals surface area contributed by atoms with E-state index in [1.54, 1.807) is 0 Å². The Bertz CT molecular complexity index is 572. The van der Waals surface area contributed by atoms with Crippen LogP contribution < -0.4 is 5.73 Å². The Kier molecular flexibility index (Phi) is 3.22. The number of benzene rings is 1. The van der Waals surface area contributed by atoms with Gasteiger partial charge in [0.2, 0.25) is 0 Å². The Morgan fingerprint density at radius 2 is 2.00 bits per heavy atom. The molecule has 0 saturated heterocycles. The summed E-state index contributed by atoms with van der Waals surface area (Å²) < 4.78 is 0. The second-order valence-electron chi connectivity index (χ2n) is 3.50. The molecular formula is C12H9ClN4. The molecule has 0 aliphatic heterocycles. The number of anilines is 1. The average molecular weight is 245 g/mol. The number of nitriles is 1. The molecule has 2 rings (SSSR count). The van der Waals surface area contributed by atoms with Crippen molar-refractivity contribution in [1.29, 1.82) is 5.26 Å². The third kappa shape index (κ3) is 2.71. The molecule has 0 aliphatic carbocycles. The molecule has 0 unspecified atom stereocenters. The second-order valence-corrected chi connectivity index (χ2v) is 3.94. The minimum Gasteiger partial charge on any atom is -0.382 e. The summed E-state index contributed by atoms with van der Waals surface area (Å²) >= 11 is 5.79. The molecule has 4 nitrogen and oxygen atoms in total. The maximum absolute atomic E-state index is 8.70. The maximum Gasteiger partial charge on any atom is 0.145 e. The van der Waals surface area contributed by atoms with Crippen LogP contribution >= 0.6 is 11.6 Å². The topological polar surface area (TPSA) is 75.6 Å². The van der Waals surface area contributed by atoms with Crippen LogP contribution in [0.3, 0.4) is 0 Å². The molecule has 84 valence electrons. The molecule has 1 heterocycles. The molecule has 0 radical (unpaired) electrons. The number of aromatic nitrogens is 2. The SMILES string of the molecule is N#Cc1cnc(Cc2ccc(Cl)cc2)nc1N. The van der Waals surface area contributed by atoms with Gasteiger partial charge in [-0.1, -0.05) is 23.7 Å². The third-order valence-electron chi connectivity index (χ3n) is 2.26. The fourth-order valence-electron chi connectivity index (χ4n) is 1.39. The molecule has 0 bridgehead atoms. The fraction of sp³-hybridized carbons (Fsp3) is 0.0833. The van der Waals surface area contributed by atoms with E-state index in [2.05, 4.69) is 9.97 Å². The lowest BCUT2D eigenvalue weighted by Gasteiger charge is -2.02. The smallest absolute Gasteiger partial charge is 0.145 e. The van der Waals surface area contributed by atoms with E-state index in [4.69, 9.17) is 22.6 Å². The molecular weight excluding hydrogens is 236 g/mol. The van der Waals surface area contributed by atoms with Crippen molar-refractivity contribution in [1.82, 2.24) is 9.97 Å². The van der Waals surface area contributed by atoms with E-state index >= 15 is 0 Å². The van der Waals surface area contributed by atoms with Crippen molar-refractivity contribution < 1.29 is 0 Å². The number of halogens is 1. The molecule has 0 saturated carbocycles. The Balaban J connectivity index is 2.22. The van der Waals surface area contributed by atoms with Gasteiger partial charge in [-0.25, -0.2) is 9.97 Å². The van der Waals surface area contributed by atoms with Crippen molar-refractivity contribution >= 4 is 17.4 Å². The Labute approximate surface area is 104 Å². The highest BCUT2D eigenvalue weighted by Gasteiger charge is 2.04. The van der Waals surface area contributed by atoms with Crippen molar-refractivity contribution in [3.8, 4) is 6.07 Å². The first-order valence-electron chi connectivity index (χ1n) is 4.95. The van der Waals surface area contributed by atoms with Gasteiger partial charge in [0.1, 0.15) is 23.3 Å². The van der Waals surface area contributed by atoms with Gasteiger partial charge >= 0.3 is 0 Å². The van der Waals surface area contributed by atoms with E-state index < -0.39 is 0 Å². The second kappa shape index (κ2) is 4.81. The van der Waals surface area contributed by atoms with Gasteiger partial charge in [0, 0.05) is 11.4 Å². The van der Waals surface area contributed by atoms with Crippen molar-refractivity contribution in [3.05, 3.63) is 52.4 Å². The van der Waals surface area contributed by atoms with Gasteiger partial charge in [-0.2, -0.15) is 5.26 Å². The first kappa shape index (κ1) is 11.4. The van der Waals surface area contributed by atoms with E-state index in [9.17, 15) is 0 Å². The minimum atomic E-state index is 0.214. The zero-order valence-electron chi connectivity index (χ0n) is 8.89. The molecule has 0 aliphatic rings. The summed E-state index contributed by atoms with van der Waals surface area (Å²) in [5.41, 5.74) is 6.95. The molecule has 5 heteroatoms. The highest BCUT2D eigenvalue weighted by Crippen LogP contribution is 2.13. The van der Waals surface area contributed by atoms with Gasteiger partial charge in [-0.15, -0.1) is 0 Å². The van der Waals surface area contributed by atoms with E-state index in [0.29, 0.717) is 22.8 Å². The molecule has 0 atom stereocenters. The minimum absolute atomic E-state index is 0.214. The summed E-state index contributed by atoms with van der Waals surface area (Å²) in [4.78, 5) is 8.15. The number of nitrogen functional groups attached to an aromatic ring is 1. The fourth-order valence-corrected chi connectivity index (χ4v) is 1.52. The van der Waals surface area contributed by atoms with Crippen LogP contribution in [0.1, 0.15) is 17.0 Å². The van der Waals surface area contributed by atoms with Crippen molar-refractivity contribution in [2.75, 3.05) is 5.73 Å². The van der Waals surface area contributed by atoms with Gasteiger partial charge in [-0.05, 0) is 17.7 Å². The summed E-state index contributed by atoms with van der Waals surface area (Å²) in [5, 5.41) is 9.39. The number of nitrogens with two attached hydrogens (primary N) is 1. The van der Waals surface area contributed by atoms with Crippen LogP contribution in [-0.4, -0.2) is 9.97 Å². The van der Waals surface area contributed by atoms with Crippen LogP contribution in [0.5, 0.6) is 0 Å².